The van der Waals surface area contributed by atoms with Crippen molar-refractivity contribution < 1.29 is 9.84 Å². The number of rotatable bonds is 7. The van der Waals surface area contributed by atoms with Crippen LogP contribution < -0.4 is 10.1 Å². The number of ether oxygens (including phenoxy) is 1. The Bertz CT molecular complexity index is 382. The Morgan fingerprint density at radius 3 is 2.72 bits per heavy atom. The standard InChI is InChI=1S/C14H24N2O2/c1-5-14(3,6-7-17)15-10-12-9-13(18-4)8-11(2)16-12/h8-9,15,17H,5-7,10H2,1-4H3. The first kappa shape index (κ1) is 14.9. The highest BCUT2D eigenvalue weighted by Gasteiger charge is 2.20. The van der Waals surface area contributed by atoms with E-state index in [1.807, 2.05) is 19.1 Å². The maximum atomic E-state index is 9.08. The monoisotopic (exact) mass is 252 g/mol. The van der Waals surface area contributed by atoms with Crippen molar-refractivity contribution in [3.05, 3.63) is 23.5 Å². The Hall–Kier alpha value is -1.13. The van der Waals surface area contributed by atoms with E-state index >= 15 is 0 Å². The van der Waals surface area contributed by atoms with Crippen LogP contribution in [-0.4, -0.2) is 29.3 Å². The van der Waals surface area contributed by atoms with E-state index in [9.17, 15) is 0 Å². The average Bonchev–Trinajstić information content (AvgIpc) is 2.36. The van der Waals surface area contributed by atoms with Crippen LogP contribution in [0.1, 0.15) is 38.1 Å². The summed E-state index contributed by atoms with van der Waals surface area (Å²) >= 11 is 0. The number of hydrogen-bond donors (Lipinski definition) is 2. The predicted octanol–water partition coefficient (Wildman–Crippen LogP) is 2.04. The molecule has 2 N–H and O–H groups in total. The molecule has 0 saturated carbocycles. The quantitative estimate of drug-likeness (QED) is 0.779. The molecule has 18 heavy (non-hydrogen) atoms. The van der Waals surface area contributed by atoms with E-state index in [0.29, 0.717) is 6.54 Å². The second-order valence-electron chi connectivity index (χ2n) is 4.88. The summed E-state index contributed by atoms with van der Waals surface area (Å²) in [6.45, 7) is 7.08. The molecule has 0 aliphatic heterocycles. The zero-order valence-corrected chi connectivity index (χ0v) is 11.8. The van der Waals surface area contributed by atoms with Gasteiger partial charge in [-0.3, -0.25) is 4.98 Å². The first-order valence-corrected chi connectivity index (χ1v) is 6.40. The van der Waals surface area contributed by atoms with E-state index in [2.05, 4.69) is 24.1 Å². The molecule has 0 spiro atoms. The van der Waals surface area contributed by atoms with Crippen LogP contribution in [0.25, 0.3) is 0 Å². The molecule has 0 bridgehead atoms. The van der Waals surface area contributed by atoms with Gasteiger partial charge in [-0.25, -0.2) is 0 Å². The van der Waals surface area contributed by atoms with Gasteiger partial charge in [-0.2, -0.15) is 0 Å². The summed E-state index contributed by atoms with van der Waals surface area (Å²) in [6.07, 6.45) is 1.71. The van der Waals surface area contributed by atoms with Gasteiger partial charge < -0.3 is 15.2 Å². The van der Waals surface area contributed by atoms with Gasteiger partial charge >= 0.3 is 0 Å². The van der Waals surface area contributed by atoms with Crippen LogP contribution in [0.4, 0.5) is 0 Å². The van der Waals surface area contributed by atoms with Crippen LogP contribution >= 0.6 is 0 Å². The van der Waals surface area contributed by atoms with Crippen molar-refractivity contribution in [2.24, 2.45) is 0 Å². The molecule has 1 aromatic heterocycles. The number of methoxy groups -OCH3 is 1. The van der Waals surface area contributed by atoms with E-state index < -0.39 is 0 Å². The fourth-order valence-electron chi connectivity index (χ4n) is 1.85. The average molecular weight is 252 g/mol. The number of pyridine rings is 1. The number of hydrogen-bond acceptors (Lipinski definition) is 4. The van der Waals surface area contributed by atoms with Crippen molar-refractivity contribution in [2.45, 2.75) is 45.7 Å². The molecule has 4 heteroatoms. The van der Waals surface area contributed by atoms with Gasteiger partial charge in [0.15, 0.2) is 0 Å². The highest BCUT2D eigenvalue weighted by atomic mass is 16.5. The Labute approximate surface area is 109 Å². The van der Waals surface area contributed by atoms with Crippen molar-refractivity contribution in [3.63, 3.8) is 0 Å². The fourth-order valence-corrected chi connectivity index (χ4v) is 1.85. The second kappa shape index (κ2) is 6.71. The Morgan fingerprint density at radius 2 is 2.17 bits per heavy atom. The number of nitrogens with zero attached hydrogens (tertiary/aromatic N) is 1. The molecule has 0 aliphatic rings. The number of aliphatic hydroxyl groups is 1. The number of aromatic nitrogens is 1. The molecule has 1 rings (SSSR count). The van der Waals surface area contributed by atoms with Crippen molar-refractivity contribution in [1.82, 2.24) is 10.3 Å². The Kier molecular flexibility index (Phi) is 5.56. The van der Waals surface area contributed by atoms with E-state index in [1.165, 1.54) is 0 Å². The molecule has 1 aromatic rings. The first-order chi connectivity index (χ1) is 8.53. The van der Waals surface area contributed by atoms with E-state index in [-0.39, 0.29) is 12.1 Å². The molecular weight excluding hydrogens is 228 g/mol. The lowest BCUT2D eigenvalue weighted by Crippen LogP contribution is -2.42. The topological polar surface area (TPSA) is 54.4 Å². The zero-order valence-electron chi connectivity index (χ0n) is 11.8. The molecule has 1 atom stereocenters. The van der Waals surface area contributed by atoms with Crippen molar-refractivity contribution in [1.29, 1.82) is 0 Å². The van der Waals surface area contributed by atoms with Crippen LogP contribution in [0.2, 0.25) is 0 Å². The molecular formula is C14H24N2O2. The summed E-state index contributed by atoms with van der Waals surface area (Å²) in [6, 6.07) is 3.85. The molecule has 0 aliphatic carbocycles. The van der Waals surface area contributed by atoms with Gasteiger partial charge in [0, 0.05) is 36.5 Å². The summed E-state index contributed by atoms with van der Waals surface area (Å²) in [7, 11) is 1.66. The van der Waals surface area contributed by atoms with Crippen LogP contribution in [0.3, 0.4) is 0 Å². The van der Waals surface area contributed by atoms with Crippen molar-refractivity contribution in [2.75, 3.05) is 13.7 Å². The molecule has 0 saturated heterocycles. The highest BCUT2D eigenvalue weighted by Crippen LogP contribution is 2.17. The number of nitrogens with one attached hydrogen (secondary N) is 1. The Morgan fingerprint density at radius 1 is 1.44 bits per heavy atom. The van der Waals surface area contributed by atoms with Crippen molar-refractivity contribution in [3.8, 4) is 5.75 Å². The van der Waals surface area contributed by atoms with Crippen LogP contribution in [0, 0.1) is 6.92 Å². The summed E-state index contributed by atoms with van der Waals surface area (Å²) in [4.78, 5) is 4.47. The van der Waals surface area contributed by atoms with Gasteiger partial charge in [-0.05, 0) is 26.7 Å². The van der Waals surface area contributed by atoms with Gasteiger partial charge in [-0.1, -0.05) is 6.92 Å². The van der Waals surface area contributed by atoms with Gasteiger partial charge in [0.1, 0.15) is 5.75 Å². The third kappa shape index (κ3) is 4.27. The van der Waals surface area contributed by atoms with Crippen LogP contribution in [-0.2, 0) is 6.54 Å². The minimum Gasteiger partial charge on any atom is -0.497 e. The van der Waals surface area contributed by atoms with Crippen molar-refractivity contribution >= 4 is 0 Å². The van der Waals surface area contributed by atoms with E-state index in [0.717, 1.165) is 30.0 Å². The third-order valence-corrected chi connectivity index (χ3v) is 3.36. The van der Waals surface area contributed by atoms with Gasteiger partial charge in [0.05, 0.1) is 12.8 Å². The number of aliphatic hydroxyl groups excluding tert-OH is 1. The lowest BCUT2D eigenvalue weighted by atomic mass is 9.95. The summed E-state index contributed by atoms with van der Waals surface area (Å²) < 4.78 is 5.23. The minimum absolute atomic E-state index is 0.0482. The fraction of sp³-hybridized carbons (Fsp3) is 0.643. The lowest BCUT2D eigenvalue weighted by Gasteiger charge is -2.29. The largest absolute Gasteiger partial charge is 0.497 e. The SMILES string of the molecule is CCC(C)(CCO)NCc1cc(OC)cc(C)n1. The smallest absolute Gasteiger partial charge is 0.122 e. The molecule has 0 aromatic carbocycles. The lowest BCUT2D eigenvalue weighted by molar-refractivity contribution is 0.214. The van der Waals surface area contributed by atoms with Crippen LogP contribution in [0.15, 0.2) is 12.1 Å². The molecule has 0 fully saturated rings. The molecule has 1 unspecified atom stereocenters. The summed E-state index contributed by atoms with van der Waals surface area (Å²) in [5.41, 5.74) is 1.86. The Balaban J connectivity index is 2.70. The molecule has 0 amide bonds. The third-order valence-electron chi connectivity index (χ3n) is 3.36. The first-order valence-electron chi connectivity index (χ1n) is 6.40. The minimum atomic E-state index is -0.0482. The molecule has 4 nitrogen and oxygen atoms in total. The van der Waals surface area contributed by atoms with E-state index in [4.69, 9.17) is 9.84 Å². The van der Waals surface area contributed by atoms with Gasteiger partial charge in [0.2, 0.25) is 0 Å². The summed E-state index contributed by atoms with van der Waals surface area (Å²) in [5.74, 6) is 0.833. The predicted molar refractivity (Wildman–Crippen MR) is 72.8 cm³/mol. The molecule has 102 valence electrons. The van der Waals surface area contributed by atoms with E-state index in [1.54, 1.807) is 7.11 Å². The maximum absolute atomic E-state index is 9.08. The van der Waals surface area contributed by atoms with Crippen LogP contribution in [0.5, 0.6) is 5.75 Å². The van der Waals surface area contributed by atoms with Gasteiger partial charge in [-0.15, -0.1) is 0 Å². The summed E-state index contributed by atoms with van der Waals surface area (Å²) in [5, 5.41) is 12.5. The normalized spacial score (nSPS) is 14.3. The molecule has 1 heterocycles. The second-order valence-corrected chi connectivity index (χ2v) is 4.88. The number of aryl methyl sites for hydroxylation is 1. The maximum Gasteiger partial charge on any atom is 0.122 e. The highest BCUT2D eigenvalue weighted by molar-refractivity contribution is 5.26. The van der Waals surface area contributed by atoms with Gasteiger partial charge in [0.25, 0.3) is 0 Å². The zero-order chi connectivity index (χ0) is 13.6. The molecule has 0 radical (unpaired) electrons.